The summed E-state index contributed by atoms with van der Waals surface area (Å²) in [6.45, 7) is 9.49. The van der Waals surface area contributed by atoms with Crippen LogP contribution < -0.4 is 5.32 Å². The minimum Gasteiger partial charge on any atom is -0.368 e. The van der Waals surface area contributed by atoms with E-state index in [0.717, 1.165) is 75.3 Å². The predicted molar refractivity (Wildman–Crippen MR) is 115 cm³/mol. The van der Waals surface area contributed by atoms with Crippen molar-refractivity contribution < 1.29 is 0 Å². The second-order valence-electron chi connectivity index (χ2n) is 7.92. The summed E-state index contributed by atoms with van der Waals surface area (Å²) in [5, 5.41) is 4.41. The van der Waals surface area contributed by atoms with E-state index < -0.39 is 0 Å². The Bertz CT molecular complexity index is 784. The maximum absolute atomic E-state index is 5.98. The molecular weight excluding hydrogens is 370 g/mol. The number of hydrogen-bond donors (Lipinski definition) is 1. The molecule has 1 aromatic heterocycles. The third-order valence-electron chi connectivity index (χ3n) is 5.80. The topological polar surface area (TPSA) is 44.3 Å². The van der Waals surface area contributed by atoms with Gasteiger partial charge in [-0.2, -0.15) is 0 Å². The highest BCUT2D eigenvalue weighted by molar-refractivity contribution is 6.30. The fourth-order valence-electron chi connectivity index (χ4n) is 4.22. The lowest BCUT2D eigenvalue weighted by atomic mass is 9.96. The molecule has 0 saturated carbocycles. The van der Waals surface area contributed by atoms with Crippen LogP contribution in [-0.4, -0.2) is 59.0 Å². The Morgan fingerprint density at radius 2 is 1.68 bits per heavy atom. The van der Waals surface area contributed by atoms with E-state index in [2.05, 4.69) is 37.2 Å². The lowest BCUT2D eigenvalue weighted by Crippen LogP contribution is -2.47. The van der Waals surface area contributed by atoms with Gasteiger partial charge >= 0.3 is 0 Å². The Hall–Kier alpha value is -1.69. The smallest absolute Gasteiger partial charge is 0.133 e. The molecule has 1 aromatic carbocycles. The number of nitrogens with one attached hydrogen (secondary N) is 1. The largest absolute Gasteiger partial charge is 0.368 e. The number of benzene rings is 1. The van der Waals surface area contributed by atoms with Gasteiger partial charge in [-0.15, -0.1) is 0 Å². The van der Waals surface area contributed by atoms with Crippen LogP contribution in [0.25, 0.3) is 0 Å². The minimum absolute atomic E-state index is 0.807. The Balaban J connectivity index is 1.23. The summed E-state index contributed by atoms with van der Waals surface area (Å²) in [5.74, 6) is 1.96. The van der Waals surface area contributed by atoms with E-state index in [1.165, 1.54) is 29.7 Å². The van der Waals surface area contributed by atoms with Crippen LogP contribution in [0.5, 0.6) is 0 Å². The number of aryl methyl sites for hydroxylation is 2. The van der Waals surface area contributed by atoms with E-state index in [1.54, 1.807) is 0 Å². The first kappa shape index (κ1) is 19.6. The number of halogens is 1. The molecule has 0 bridgehead atoms. The highest BCUT2D eigenvalue weighted by Gasteiger charge is 2.19. The van der Waals surface area contributed by atoms with Gasteiger partial charge in [0.1, 0.15) is 11.6 Å². The zero-order valence-corrected chi connectivity index (χ0v) is 17.5. The number of anilines is 1. The van der Waals surface area contributed by atoms with E-state index in [1.807, 2.05) is 19.1 Å². The number of aromatic nitrogens is 2. The molecule has 2 aliphatic rings. The first-order valence-electron chi connectivity index (χ1n) is 10.5. The summed E-state index contributed by atoms with van der Waals surface area (Å²) in [6.07, 6.45) is 4.72. The van der Waals surface area contributed by atoms with Crippen molar-refractivity contribution in [2.45, 2.75) is 39.2 Å². The molecule has 150 valence electrons. The molecule has 2 heterocycles. The van der Waals surface area contributed by atoms with E-state index in [-0.39, 0.29) is 0 Å². The fourth-order valence-corrected chi connectivity index (χ4v) is 4.34. The van der Waals surface area contributed by atoms with E-state index in [4.69, 9.17) is 11.6 Å². The van der Waals surface area contributed by atoms with Crippen molar-refractivity contribution in [1.82, 2.24) is 19.8 Å². The first-order chi connectivity index (χ1) is 13.7. The molecule has 6 heteroatoms. The molecule has 1 aliphatic heterocycles. The highest BCUT2D eigenvalue weighted by atomic mass is 35.5. The van der Waals surface area contributed by atoms with E-state index >= 15 is 0 Å². The van der Waals surface area contributed by atoms with Crippen LogP contribution in [-0.2, 0) is 19.4 Å². The third-order valence-corrected chi connectivity index (χ3v) is 6.05. The molecule has 1 N–H and O–H groups in total. The molecule has 4 rings (SSSR count). The molecule has 2 aromatic rings. The van der Waals surface area contributed by atoms with Gasteiger partial charge in [-0.25, -0.2) is 9.97 Å². The summed E-state index contributed by atoms with van der Waals surface area (Å²) < 4.78 is 0. The number of nitrogens with zero attached hydrogens (tertiary/aromatic N) is 4. The molecule has 1 fully saturated rings. The maximum Gasteiger partial charge on any atom is 0.133 e. The Morgan fingerprint density at radius 1 is 0.964 bits per heavy atom. The molecule has 0 unspecified atom stereocenters. The van der Waals surface area contributed by atoms with Crippen molar-refractivity contribution in [2.75, 3.05) is 44.6 Å². The third kappa shape index (κ3) is 5.02. The SMILES string of the molecule is Cc1nc2c(c(NCCN3CCN(Cc4ccc(Cl)cc4)CC3)n1)CCCC2. The summed E-state index contributed by atoms with van der Waals surface area (Å²) in [6, 6.07) is 8.21. The summed E-state index contributed by atoms with van der Waals surface area (Å²) in [7, 11) is 0. The van der Waals surface area contributed by atoms with Crippen molar-refractivity contribution in [3.63, 3.8) is 0 Å². The van der Waals surface area contributed by atoms with E-state index in [0.29, 0.717) is 0 Å². The van der Waals surface area contributed by atoms with Crippen molar-refractivity contribution in [3.05, 3.63) is 51.9 Å². The van der Waals surface area contributed by atoms with Gasteiger partial charge in [0.15, 0.2) is 0 Å². The van der Waals surface area contributed by atoms with Gasteiger partial charge in [0.2, 0.25) is 0 Å². The maximum atomic E-state index is 5.98. The summed E-state index contributed by atoms with van der Waals surface area (Å²) >= 11 is 5.98. The Kier molecular flexibility index (Phi) is 6.45. The molecule has 1 aliphatic carbocycles. The molecule has 0 atom stereocenters. The lowest BCUT2D eigenvalue weighted by Gasteiger charge is -2.34. The van der Waals surface area contributed by atoms with Crippen LogP contribution in [0.1, 0.15) is 35.5 Å². The quantitative estimate of drug-likeness (QED) is 0.804. The number of hydrogen-bond acceptors (Lipinski definition) is 5. The molecule has 1 saturated heterocycles. The molecule has 0 spiro atoms. The normalized spacial score (nSPS) is 18.1. The molecule has 28 heavy (non-hydrogen) atoms. The number of rotatable bonds is 6. The second kappa shape index (κ2) is 9.21. The van der Waals surface area contributed by atoms with Gasteiger partial charge < -0.3 is 5.32 Å². The van der Waals surface area contributed by atoms with Crippen molar-refractivity contribution >= 4 is 17.4 Å². The van der Waals surface area contributed by atoms with Crippen molar-refractivity contribution in [1.29, 1.82) is 0 Å². The van der Waals surface area contributed by atoms with E-state index in [9.17, 15) is 0 Å². The molecule has 5 nitrogen and oxygen atoms in total. The van der Waals surface area contributed by atoms with Crippen molar-refractivity contribution in [2.24, 2.45) is 0 Å². The first-order valence-corrected chi connectivity index (χ1v) is 10.8. The van der Waals surface area contributed by atoms with Crippen molar-refractivity contribution in [3.8, 4) is 0 Å². The molecular formula is C22H30ClN5. The van der Waals surface area contributed by atoms with Crippen LogP contribution in [0.3, 0.4) is 0 Å². The zero-order valence-electron chi connectivity index (χ0n) is 16.8. The standard InChI is InChI=1S/C22H30ClN5/c1-17-25-21-5-3-2-4-20(21)22(26-17)24-10-11-27-12-14-28(15-13-27)16-18-6-8-19(23)9-7-18/h6-9H,2-5,10-16H2,1H3,(H,24,25,26). The zero-order chi connectivity index (χ0) is 19.3. The summed E-state index contributed by atoms with van der Waals surface area (Å²) in [5.41, 5.74) is 3.95. The summed E-state index contributed by atoms with van der Waals surface area (Å²) in [4.78, 5) is 14.4. The number of piperazine rings is 1. The Morgan fingerprint density at radius 3 is 2.46 bits per heavy atom. The van der Waals surface area contributed by atoms with Crippen LogP contribution in [0, 0.1) is 6.92 Å². The van der Waals surface area contributed by atoms with Gasteiger partial charge in [0.25, 0.3) is 0 Å². The van der Waals surface area contributed by atoms with Crippen LogP contribution in [0.4, 0.5) is 5.82 Å². The number of fused-ring (bicyclic) bond motifs is 1. The van der Waals surface area contributed by atoms with Gasteiger partial charge in [0, 0.05) is 62.1 Å². The molecule has 0 amide bonds. The monoisotopic (exact) mass is 399 g/mol. The van der Waals surface area contributed by atoms with Gasteiger partial charge in [-0.1, -0.05) is 23.7 Å². The minimum atomic E-state index is 0.807. The van der Waals surface area contributed by atoms with Crippen LogP contribution in [0.2, 0.25) is 5.02 Å². The average Bonchev–Trinajstić information content (AvgIpc) is 2.71. The second-order valence-corrected chi connectivity index (χ2v) is 8.36. The lowest BCUT2D eigenvalue weighted by molar-refractivity contribution is 0.130. The van der Waals surface area contributed by atoms with Gasteiger partial charge in [0.05, 0.1) is 0 Å². The molecule has 0 radical (unpaired) electrons. The van der Waals surface area contributed by atoms with Gasteiger partial charge in [-0.05, 0) is 50.3 Å². The Labute approximate surface area is 173 Å². The predicted octanol–water partition coefficient (Wildman–Crippen LogP) is 3.55. The fraction of sp³-hybridized carbons (Fsp3) is 0.545. The van der Waals surface area contributed by atoms with Crippen LogP contribution >= 0.6 is 11.6 Å². The van der Waals surface area contributed by atoms with Crippen LogP contribution in [0.15, 0.2) is 24.3 Å². The average molecular weight is 400 g/mol. The highest BCUT2D eigenvalue weighted by Crippen LogP contribution is 2.25. The van der Waals surface area contributed by atoms with Gasteiger partial charge in [-0.3, -0.25) is 9.80 Å².